The van der Waals surface area contributed by atoms with Crippen molar-refractivity contribution in [1.29, 1.82) is 0 Å². The molecule has 3 aromatic carbocycles. The highest BCUT2D eigenvalue weighted by Gasteiger charge is 2.48. The summed E-state index contributed by atoms with van der Waals surface area (Å²) >= 11 is 0. The average molecular weight is 536 g/mol. The van der Waals surface area contributed by atoms with Crippen LogP contribution in [0.1, 0.15) is 18.7 Å². The van der Waals surface area contributed by atoms with E-state index in [1.165, 1.54) is 12.1 Å². The number of rotatable bonds is 6. The molecular formula is C28H20F3N3O3S. The lowest BCUT2D eigenvalue weighted by Gasteiger charge is -2.11. The first-order valence-electron chi connectivity index (χ1n) is 11.6. The van der Waals surface area contributed by atoms with Crippen molar-refractivity contribution in [2.45, 2.75) is 18.3 Å². The Morgan fingerprint density at radius 1 is 0.684 bits per heavy atom. The number of nitrogens with zero attached hydrogens (tertiary/aromatic N) is 3. The van der Waals surface area contributed by atoms with Crippen molar-refractivity contribution in [2.24, 2.45) is 0 Å². The van der Waals surface area contributed by atoms with Gasteiger partial charge in [0.25, 0.3) is 0 Å². The summed E-state index contributed by atoms with van der Waals surface area (Å²) in [7, 11) is -5.76. The van der Waals surface area contributed by atoms with Gasteiger partial charge in [-0.05, 0) is 36.1 Å². The van der Waals surface area contributed by atoms with E-state index in [0.29, 0.717) is 34.2 Å². The van der Waals surface area contributed by atoms with Crippen molar-refractivity contribution in [1.82, 2.24) is 15.0 Å². The van der Waals surface area contributed by atoms with Gasteiger partial charge in [-0.2, -0.15) is 21.6 Å². The maximum atomic E-state index is 12.7. The van der Waals surface area contributed by atoms with Gasteiger partial charge in [-0.1, -0.05) is 85.0 Å². The quantitative estimate of drug-likeness (QED) is 0.199. The first kappa shape index (κ1) is 25.3. The Labute approximate surface area is 217 Å². The number of aromatic nitrogens is 3. The molecular weight excluding hydrogens is 515 g/mol. The summed E-state index contributed by atoms with van der Waals surface area (Å²) in [5.41, 5.74) is -1.93. The minimum absolute atomic E-state index is 0.438. The second kappa shape index (κ2) is 10.2. The zero-order valence-electron chi connectivity index (χ0n) is 19.8. The van der Waals surface area contributed by atoms with Crippen molar-refractivity contribution < 1.29 is 25.8 Å². The van der Waals surface area contributed by atoms with E-state index >= 15 is 0 Å². The number of hydrogen-bond acceptors (Lipinski definition) is 6. The maximum Gasteiger partial charge on any atom is 0.534 e. The second-order valence-electron chi connectivity index (χ2n) is 8.40. The molecule has 1 aromatic heterocycles. The van der Waals surface area contributed by atoms with Crippen molar-refractivity contribution in [3.63, 3.8) is 0 Å². The molecule has 0 atom stereocenters. The van der Waals surface area contributed by atoms with Gasteiger partial charge in [0.1, 0.15) is 5.75 Å². The third kappa shape index (κ3) is 5.50. The van der Waals surface area contributed by atoms with Crippen LogP contribution in [0, 0.1) is 0 Å². The molecule has 38 heavy (non-hydrogen) atoms. The van der Waals surface area contributed by atoms with E-state index in [9.17, 15) is 21.6 Å². The van der Waals surface area contributed by atoms with Crippen LogP contribution in [0.25, 0.3) is 39.5 Å². The van der Waals surface area contributed by atoms with Gasteiger partial charge in [0.15, 0.2) is 17.5 Å². The summed E-state index contributed by atoms with van der Waals surface area (Å²) in [5.74, 6) is 1.12. The Morgan fingerprint density at radius 2 is 1.29 bits per heavy atom. The Bertz CT molecular complexity index is 1630. The van der Waals surface area contributed by atoms with Crippen molar-refractivity contribution in [3.8, 4) is 39.7 Å². The molecule has 0 spiro atoms. The van der Waals surface area contributed by atoms with Crippen LogP contribution in [0.15, 0.2) is 97.1 Å². The number of alkyl halides is 3. The average Bonchev–Trinajstić information content (AvgIpc) is 2.93. The molecule has 4 aromatic rings. The molecule has 5 rings (SSSR count). The molecule has 0 aliphatic heterocycles. The molecule has 0 saturated carbocycles. The predicted molar refractivity (Wildman–Crippen MR) is 138 cm³/mol. The van der Waals surface area contributed by atoms with E-state index in [2.05, 4.69) is 26.3 Å². The SMILES string of the molecule is O=S(=O)(Oc1cccc(-c2ccc(-c3nc(C4=CCCC=C4)nc(-c4ccccc4)n3)cc2)c1)C(F)(F)F. The summed E-state index contributed by atoms with van der Waals surface area (Å²) in [6.07, 6.45) is 8.02. The molecule has 0 N–H and O–H groups in total. The van der Waals surface area contributed by atoms with Gasteiger partial charge in [0, 0.05) is 16.7 Å². The van der Waals surface area contributed by atoms with E-state index in [1.807, 2.05) is 36.4 Å². The fourth-order valence-corrected chi connectivity index (χ4v) is 4.29. The van der Waals surface area contributed by atoms with E-state index in [4.69, 9.17) is 4.98 Å². The van der Waals surface area contributed by atoms with Crippen LogP contribution in [0.5, 0.6) is 5.75 Å². The highest BCUT2D eigenvalue weighted by atomic mass is 32.2. The number of hydrogen-bond donors (Lipinski definition) is 0. The van der Waals surface area contributed by atoms with E-state index in [0.717, 1.165) is 30.0 Å². The van der Waals surface area contributed by atoms with E-state index in [-0.39, 0.29) is 0 Å². The van der Waals surface area contributed by atoms with Crippen molar-refractivity contribution >= 4 is 15.7 Å². The standard InChI is InChI=1S/C28H20F3N3O3S/c29-28(30,31)38(35,36)37-24-13-7-12-23(18-24)19-14-16-22(17-15-19)27-33-25(20-8-3-1-4-9-20)32-26(34-27)21-10-5-2-6-11-21/h1,3-5,7-18H,2,6H2. The van der Waals surface area contributed by atoms with Gasteiger partial charge in [0.05, 0.1) is 0 Å². The zero-order chi connectivity index (χ0) is 26.8. The Morgan fingerprint density at radius 3 is 1.92 bits per heavy atom. The minimum atomic E-state index is -5.76. The molecule has 0 bridgehead atoms. The summed E-state index contributed by atoms with van der Waals surface area (Å²) in [5, 5.41) is 0. The molecule has 1 heterocycles. The van der Waals surface area contributed by atoms with Crippen LogP contribution in [0.4, 0.5) is 13.2 Å². The second-order valence-corrected chi connectivity index (χ2v) is 9.94. The molecule has 0 amide bonds. The topological polar surface area (TPSA) is 82.0 Å². The molecule has 192 valence electrons. The van der Waals surface area contributed by atoms with Crippen LogP contribution < -0.4 is 4.18 Å². The lowest BCUT2D eigenvalue weighted by molar-refractivity contribution is -0.0500. The minimum Gasteiger partial charge on any atom is -0.376 e. The fourth-order valence-electron chi connectivity index (χ4n) is 3.84. The van der Waals surface area contributed by atoms with Crippen LogP contribution in [-0.4, -0.2) is 28.9 Å². The van der Waals surface area contributed by atoms with Gasteiger partial charge in [-0.3, -0.25) is 0 Å². The number of halogens is 3. The fraction of sp³-hybridized carbons (Fsp3) is 0.107. The van der Waals surface area contributed by atoms with Gasteiger partial charge >= 0.3 is 15.6 Å². The van der Waals surface area contributed by atoms with Crippen LogP contribution in [0.2, 0.25) is 0 Å². The molecule has 6 nitrogen and oxygen atoms in total. The lowest BCUT2D eigenvalue weighted by Crippen LogP contribution is -2.28. The summed E-state index contributed by atoms with van der Waals surface area (Å²) < 4.78 is 65.1. The first-order chi connectivity index (χ1) is 18.2. The summed E-state index contributed by atoms with van der Waals surface area (Å²) in [4.78, 5) is 14.1. The van der Waals surface area contributed by atoms with Crippen molar-refractivity contribution in [2.75, 3.05) is 0 Å². The lowest BCUT2D eigenvalue weighted by atomic mass is 10.0. The van der Waals surface area contributed by atoms with Gasteiger partial charge < -0.3 is 4.18 Å². The monoisotopic (exact) mass is 535 g/mol. The Balaban J connectivity index is 1.48. The molecule has 10 heteroatoms. The molecule has 0 saturated heterocycles. The Hall–Kier alpha value is -4.31. The van der Waals surface area contributed by atoms with Crippen LogP contribution in [-0.2, 0) is 10.1 Å². The maximum absolute atomic E-state index is 12.7. The normalized spacial score (nSPS) is 13.7. The zero-order valence-corrected chi connectivity index (χ0v) is 20.6. The third-order valence-corrected chi connectivity index (χ3v) is 6.70. The molecule has 1 aliphatic carbocycles. The van der Waals surface area contributed by atoms with Crippen molar-refractivity contribution in [3.05, 3.63) is 103 Å². The van der Waals surface area contributed by atoms with Gasteiger partial charge in [-0.15, -0.1) is 0 Å². The van der Waals surface area contributed by atoms with E-state index in [1.54, 1.807) is 30.3 Å². The predicted octanol–water partition coefficient (Wildman–Crippen LogP) is 6.83. The van der Waals surface area contributed by atoms with E-state index < -0.39 is 21.4 Å². The molecule has 1 aliphatic rings. The third-order valence-electron chi connectivity index (χ3n) is 5.72. The van der Waals surface area contributed by atoms with Crippen LogP contribution >= 0.6 is 0 Å². The van der Waals surface area contributed by atoms with Crippen LogP contribution in [0.3, 0.4) is 0 Å². The summed E-state index contributed by atoms with van der Waals surface area (Å²) in [6, 6.07) is 22.1. The highest BCUT2D eigenvalue weighted by Crippen LogP contribution is 2.31. The first-order valence-corrected chi connectivity index (χ1v) is 13.0. The summed E-state index contributed by atoms with van der Waals surface area (Å²) in [6.45, 7) is 0. The molecule has 0 fully saturated rings. The number of allylic oxidation sites excluding steroid dienone is 4. The smallest absolute Gasteiger partial charge is 0.376 e. The molecule has 0 radical (unpaired) electrons. The largest absolute Gasteiger partial charge is 0.534 e. The van der Waals surface area contributed by atoms with Gasteiger partial charge in [-0.25, -0.2) is 15.0 Å². The number of benzene rings is 3. The Kier molecular flexibility index (Phi) is 6.81. The van der Waals surface area contributed by atoms with Gasteiger partial charge in [0.2, 0.25) is 0 Å². The highest BCUT2D eigenvalue weighted by molar-refractivity contribution is 7.88. The molecule has 0 unspecified atom stereocenters.